The van der Waals surface area contributed by atoms with Crippen LogP contribution >= 0.6 is 0 Å². The summed E-state index contributed by atoms with van der Waals surface area (Å²) in [4.78, 5) is 6.28. The number of nitrogens with zero attached hydrogens (tertiary/aromatic N) is 2. The second-order valence-corrected chi connectivity index (χ2v) is 3.86. The summed E-state index contributed by atoms with van der Waals surface area (Å²) in [6.07, 6.45) is 2.55. The number of hydrogen-bond acceptors (Lipinski definition) is 4. The standard InChI is InChI=1S/C10H22N4O2/c1-14(8-9-4-3-6-16-9)10(13-11)12-5-7-15-2/h9H,3-8,11H2,1-2H3,(H,12,13). The number of guanidine groups is 1. The molecule has 0 spiro atoms. The minimum Gasteiger partial charge on any atom is -0.383 e. The van der Waals surface area contributed by atoms with Crippen LogP contribution in [0.4, 0.5) is 0 Å². The minimum absolute atomic E-state index is 0.297. The Labute approximate surface area is 96.8 Å². The van der Waals surface area contributed by atoms with Gasteiger partial charge >= 0.3 is 0 Å². The van der Waals surface area contributed by atoms with Crippen molar-refractivity contribution in [3.05, 3.63) is 0 Å². The third kappa shape index (κ3) is 4.34. The van der Waals surface area contributed by atoms with E-state index < -0.39 is 0 Å². The number of rotatable bonds is 5. The number of nitrogens with one attached hydrogen (secondary N) is 1. The van der Waals surface area contributed by atoms with Crippen LogP contribution in [0.25, 0.3) is 0 Å². The normalized spacial score (nSPS) is 21.2. The number of aliphatic imine (C=N–C) groups is 1. The van der Waals surface area contributed by atoms with Gasteiger partial charge in [0.2, 0.25) is 5.96 Å². The van der Waals surface area contributed by atoms with E-state index in [1.54, 1.807) is 7.11 Å². The maximum atomic E-state index is 5.55. The number of hydrogen-bond donors (Lipinski definition) is 2. The molecule has 0 aromatic carbocycles. The molecule has 6 nitrogen and oxygen atoms in total. The van der Waals surface area contributed by atoms with Gasteiger partial charge in [0.1, 0.15) is 0 Å². The monoisotopic (exact) mass is 230 g/mol. The summed E-state index contributed by atoms with van der Waals surface area (Å²) < 4.78 is 10.5. The molecule has 1 unspecified atom stereocenters. The summed E-state index contributed by atoms with van der Waals surface area (Å²) in [6, 6.07) is 0. The van der Waals surface area contributed by atoms with Crippen molar-refractivity contribution in [2.45, 2.75) is 18.9 Å². The Morgan fingerprint density at radius 1 is 1.69 bits per heavy atom. The first-order valence-electron chi connectivity index (χ1n) is 5.60. The lowest BCUT2D eigenvalue weighted by Crippen LogP contribution is -2.45. The van der Waals surface area contributed by atoms with Gasteiger partial charge in [-0.3, -0.25) is 5.43 Å². The quantitative estimate of drug-likeness (QED) is 0.220. The molecule has 16 heavy (non-hydrogen) atoms. The van der Waals surface area contributed by atoms with Gasteiger partial charge in [-0.2, -0.15) is 0 Å². The predicted molar refractivity (Wildman–Crippen MR) is 63.1 cm³/mol. The maximum absolute atomic E-state index is 5.55. The Kier molecular flexibility index (Phi) is 6.14. The third-order valence-electron chi connectivity index (χ3n) is 2.55. The van der Waals surface area contributed by atoms with Crippen molar-refractivity contribution in [1.29, 1.82) is 0 Å². The molecule has 1 fully saturated rings. The van der Waals surface area contributed by atoms with Crippen LogP contribution in [-0.2, 0) is 9.47 Å². The van der Waals surface area contributed by atoms with Crippen molar-refractivity contribution < 1.29 is 9.47 Å². The molecule has 0 amide bonds. The molecule has 1 atom stereocenters. The number of ether oxygens (including phenoxy) is 2. The first-order valence-corrected chi connectivity index (χ1v) is 5.60. The van der Waals surface area contributed by atoms with Gasteiger partial charge in [0, 0.05) is 27.3 Å². The van der Waals surface area contributed by atoms with Gasteiger partial charge in [-0.05, 0) is 12.8 Å². The second kappa shape index (κ2) is 7.43. The van der Waals surface area contributed by atoms with Gasteiger partial charge in [-0.15, -0.1) is 0 Å². The maximum Gasteiger partial charge on any atom is 0.208 e. The Bertz CT molecular complexity index is 217. The average Bonchev–Trinajstić information content (AvgIpc) is 2.77. The fraction of sp³-hybridized carbons (Fsp3) is 0.900. The highest BCUT2D eigenvalue weighted by Crippen LogP contribution is 2.12. The molecule has 1 aliphatic heterocycles. The second-order valence-electron chi connectivity index (χ2n) is 3.86. The van der Waals surface area contributed by atoms with E-state index in [4.69, 9.17) is 15.3 Å². The number of methoxy groups -OCH3 is 1. The molecule has 1 rings (SSSR count). The van der Waals surface area contributed by atoms with Gasteiger partial charge in [0.05, 0.1) is 19.3 Å². The molecular formula is C10H22N4O2. The van der Waals surface area contributed by atoms with E-state index >= 15 is 0 Å². The molecule has 0 saturated carbocycles. The first-order chi connectivity index (χ1) is 7.77. The van der Waals surface area contributed by atoms with Crippen LogP contribution in [0.3, 0.4) is 0 Å². The van der Waals surface area contributed by atoms with E-state index in [1.165, 1.54) is 0 Å². The smallest absolute Gasteiger partial charge is 0.208 e. The zero-order valence-electron chi connectivity index (χ0n) is 10.1. The third-order valence-corrected chi connectivity index (χ3v) is 2.55. The lowest BCUT2D eigenvalue weighted by Gasteiger charge is -2.23. The SMILES string of the molecule is COCCN=C(NN)N(C)CC1CCCO1. The van der Waals surface area contributed by atoms with E-state index in [1.807, 2.05) is 11.9 Å². The molecule has 0 aromatic rings. The molecule has 0 bridgehead atoms. The molecule has 1 saturated heterocycles. The Hall–Kier alpha value is -0.850. The van der Waals surface area contributed by atoms with E-state index in [9.17, 15) is 0 Å². The highest BCUT2D eigenvalue weighted by Gasteiger charge is 2.18. The Morgan fingerprint density at radius 3 is 3.06 bits per heavy atom. The van der Waals surface area contributed by atoms with E-state index in [0.717, 1.165) is 26.0 Å². The first kappa shape index (κ1) is 13.2. The van der Waals surface area contributed by atoms with Crippen molar-refractivity contribution >= 4 is 5.96 Å². The molecule has 1 heterocycles. The largest absolute Gasteiger partial charge is 0.383 e. The summed E-state index contributed by atoms with van der Waals surface area (Å²) in [7, 11) is 3.61. The van der Waals surface area contributed by atoms with Crippen LogP contribution in [0.5, 0.6) is 0 Å². The van der Waals surface area contributed by atoms with Gasteiger partial charge < -0.3 is 14.4 Å². The van der Waals surface area contributed by atoms with Gasteiger partial charge in [-0.1, -0.05) is 0 Å². The van der Waals surface area contributed by atoms with E-state index in [2.05, 4.69) is 10.4 Å². The Balaban J connectivity index is 2.35. The van der Waals surface area contributed by atoms with Crippen LogP contribution < -0.4 is 11.3 Å². The van der Waals surface area contributed by atoms with Crippen molar-refractivity contribution in [2.75, 3.05) is 40.5 Å². The molecule has 94 valence electrons. The highest BCUT2D eigenvalue weighted by molar-refractivity contribution is 5.79. The summed E-state index contributed by atoms with van der Waals surface area (Å²) in [5, 5.41) is 0. The van der Waals surface area contributed by atoms with Crippen molar-refractivity contribution in [3.8, 4) is 0 Å². The summed E-state index contributed by atoms with van der Waals surface area (Å²) in [5.41, 5.74) is 2.60. The van der Waals surface area contributed by atoms with Crippen molar-refractivity contribution in [3.63, 3.8) is 0 Å². The lowest BCUT2D eigenvalue weighted by molar-refractivity contribution is 0.0951. The van der Waals surface area contributed by atoms with Crippen LogP contribution in [0.1, 0.15) is 12.8 Å². The Morgan fingerprint density at radius 2 is 2.50 bits per heavy atom. The zero-order valence-corrected chi connectivity index (χ0v) is 10.1. The summed E-state index contributed by atoms with van der Waals surface area (Å²) in [6.45, 7) is 2.88. The predicted octanol–water partition coefficient (Wildman–Crippen LogP) is -0.437. The highest BCUT2D eigenvalue weighted by atomic mass is 16.5. The van der Waals surface area contributed by atoms with E-state index in [-0.39, 0.29) is 0 Å². The van der Waals surface area contributed by atoms with Gasteiger partial charge in [0.15, 0.2) is 0 Å². The van der Waals surface area contributed by atoms with E-state index in [0.29, 0.717) is 25.2 Å². The minimum atomic E-state index is 0.297. The van der Waals surface area contributed by atoms with Gasteiger partial charge in [-0.25, -0.2) is 10.8 Å². The van der Waals surface area contributed by atoms with Crippen LogP contribution in [0, 0.1) is 0 Å². The molecule has 0 aromatic heterocycles. The van der Waals surface area contributed by atoms with Crippen molar-refractivity contribution in [1.82, 2.24) is 10.3 Å². The summed E-state index contributed by atoms with van der Waals surface area (Å²) in [5.74, 6) is 6.10. The fourth-order valence-electron chi connectivity index (χ4n) is 1.70. The van der Waals surface area contributed by atoms with Crippen LogP contribution in [0.2, 0.25) is 0 Å². The lowest BCUT2D eigenvalue weighted by atomic mass is 10.2. The molecular weight excluding hydrogens is 208 g/mol. The molecule has 6 heteroatoms. The number of nitrogens with two attached hydrogens (primary N) is 1. The fourth-order valence-corrected chi connectivity index (χ4v) is 1.70. The van der Waals surface area contributed by atoms with Crippen molar-refractivity contribution in [2.24, 2.45) is 10.8 Å². The van der Waals surface area contributed by atoms with Crippen LogP contribution in [0.15, 0.2) is 4.99 Å². The molecule has 1 aliphatic rings. The zero-order chi connectivity index (χ0) is 11.8. The molecule has 0 radical (unpaired) electrons. The molecule has 3 N–H and O–H groups in total. The summed E-state index contributed by atoms with van der Waals surface area (Å²) >= 11 is 0. The topological polar surface area (TPSA) is 72.1 Å². The molecule has 0 aliphatic carbocycles. The number of likely N-dealkylation sites (N-methyl/N-ethyl adjacent to an activating group) is 1. The number of hydrazine groups is 1. The van der Waals surface area contributed by atoms with Crippen LogP contribution in [-0.4, -0.2) is 57.4 Å². The average molecular weight is 230 g/mol. The van der Waals surface area contributed by atoms with Gasteiger partial charge in [0.25, 0.3) is 0 Å².